The van der Waals surface area contributed by atoms with Gasteiger partial charge in [-0.05, 0) is 30.3 Å². The van der Waals surface area contributed by atoms with E-state index in [1.807, 2.05) is 28.8 Å². The van der Waals surface area contributed by atoms with Gasteiger partial charge in [0.15, 0.2) is 10.9 Å². The second kappa shape index (κ2) is 8.26. The molecule has 0 aliphatic carbocycles. The lowest BCUT2D eigenvalue weighted by molar-refractivity contribution is 0.397. The number of allylic oxidation sites excluding steroid dienone is 1. The van der Waals surface area contributed by atoms with Crippen molar-refractivity contribution in [2.45, 2.75) is 17.5 Å². The van der Waals surface area contributed by atoms with Crippen LogP contribution in [0.15, 0.2) is 69.4 Å². The van der Waals surface area contributed by atoms with Crippen molar-refractivity contribution in [2.75, 3.05) is 0 Å². The average molecular weight is 433 g/mol. The Bertz CT molecular complexity index is 1110. The third-order valence-corrected chi connectivity index (χ3v) is 5.42. The van der Waals surface area contributed by atoms with Gasteiger partial charge < -0.3 is 8.94 Å². The molecule has 0 unspecified atom stereocenters. The molecular weight excluding hydrogens is 419 g/mol. The molecule has 0 aliphatic rings. The van der Waals surface area contributed by atoms with Crippen molar-refractivity contribution in [2.24, 2.45) is 0 Å². The Kier molecular flexibility index (Phi) is 5.57. The highest BCUT2D eigenvalue weighted by molar-refractivity contribution is 7.98. The molecule has 3 aromatic heterocycles. The summed E-state index contributed by atoms with van der Waals surface area (Å²) in [7, 11) is 0. The van der Waals surface area contributed by atoms with E-state index in [-0.39, 0.29) is 0 Å². The van der Waals surface area contributed by atoms with Gasteiger partial charge >= 0.3 is 0 Å². The summed E-state index contributed by atoms with van der Waals surface area (Å²) >= 11 is 13.7. The van der Waals surface area contributed by atoms with Crippen LogP contribution in [0.2, 0.25) is 10.0 Å². The van der Waals surface area contributed by atoms with Gasteiger partial charge in [0, 0.05) is 23.2 Å². The monoisotopic (exact) mass is 432 g/mol. The van der Waals surface area contributed by atoms with Crippen LogP contribution in [0.3, 0.4) is 0 Å². The number of thioether (sulfide) groups is 1. The quantitative estimate of drug-likeness (QED) is 0.264. The van der Waals surface area contributed by atoms with Gasteiger partial charge in [0.1, 0.15) is 11.5 Å². The topological polar surface area (TPSA) is 69.9 Å². The van der Waals surface area contributed by atoms with Gasteiger partial charge in [0.2, 0.25) is 5.82 Å². The Morgan fingerprint density at radius 3 is 2.82 bits per heavy atom. The number of furan rings is 1. The maximum absolute atomic E-state index is 6.24. The maximum Gasteiger partial charge on any atom is 0.200 e. The fourth-order valence-electron chi connectivity index (χ4n) is 2.62. The zero-order chi connectivity index (χ0) is 19.5. The van der Waals surface area contributed by atoms with Gasteiger partial charge in [-0.2, -0.15) is 0 Å². The van der Waals surface area contributed by atoms with Crippen LogP contribution < -0.4 is 0 Å². The smallest absolute Gasteiger partial charge is 0.200 e. The van der Waals surface area contributed by atoms with Crippen LogP contribution in [0.5, 0.6) is 0 Å². The Morgan fingerprint density at radius 1 is 1.18 bits per heavy atom. The lowest BCUT2D eigenvalue weighted by Crippen LogP contribution is -2.00. The summed E-state index contributed by atoms with van der Waals surface area (Å²) in [5, 5.41) is 14.4. The molecule has 0 bridgehead atoms. The van der Waals surface area contributed by atoms with Crippen molar-refractivity contribution < 1.29 is 8.94 Å². The Hall–Kier alpha value is -2.48. The maximum atomic E-state index is 6.24. The van der Waals surface area contributed by atoms with E-state index in [4.69, 9.17) is 32.1 Å². The van der Waals surface area contributed by atoms with E-state index in [0.717, 1.165) is 10.7 Å². The molecule has 0 fully saturated rings. The van der Waals surface area contributed by atoms with Crippen molar-refractivity contribution in [3.8, 4) is 22.8 Å². The SMILES string of the molecule is C=CCn1c(SCc2cc(-c3ccc(Cl)cc3Cl)no2)nnc1-c1ccco1. The highest BCUT2D eigenvalue weighted by Gasteiger charge is 2.17. The zero-order valence-corrected chi connectivity index (χ0v) is 16.8. The number of hydrogen-bond acceptors (Lipinski definition) is 6. The minimum absolute atomic E-state index is 0.522. The minimum Gasteiger partial charge on any atom is -0.461 e. The molecule has 1 aromatic carbocycles. The number of halogens is 2. The first kappa shape index (κ1) is 18.9. The third kappa shape index (κ3) is 3.87. The lowest BCUT2D eigenvalue weighted by atomic mass is 10.1. The summed E-state index contributed by atoms with van der Waals surface area (Å²) in [5.74, 6) is 2.53. The molecule has 0 saturated carbocycles. The molecule has 0 saturated heterocycles. The number of hydrogen-bond donors (Lipinski definition) is 0. The molecule has 0 N–H and O–H groups in total. The third-order valence-electron chi connectivity index (χ3n) is 3.88. The van der Waals surface area contributed by atoms with Crippen LogP contribution in [0.4, 0.5) is 0 Å². The molecule has 3 heterocycles. The fourth-order valence-corrected chi connectivity index (χ4v) is 3.95. The lowest BCUT2D eigenvalue weighted by Gasteiger charge is -2.05. The molecule has 9 heteroatoms. The summed E-state index contributed by atoms with van der Waals surface area (Å²) in [4.78, 5) is 0. The standard InChI is InChI=1S/C19H14Cl2N4O2S/c1-2-7-25-18(17-4-3-8-26-17)22-23-19(25)28-11-13-10-16(24-27-13)14-6-5-12(20)9-15(14)21/h2-6,8-10H,1,7,11H2. The molecule has 142 valence electrons. The van der Waals surface area contributed by atoms with E-state index in [9.17, 15) is 0 Å². The Morgan fingerprint density at radius 2 is 2.07 bits per heavy atom. The zero-order valence-electron chi connectivity index (χ0n) is 14.5. The van der Waals surface area contributed by atoms with E-state index in [1.54, 1.807) is 24.5 Å². The molecule has 0 atom stereocenters. The van der Waals surface area contributed by atoms with Crippen molar-refractivity contribution in [3.63, 3.8) is 0 Å². The van der Waals surface area contributed by atoms with Crippen molar-refractivity contribution >= 4 is 35.0 Å². The molecule has 4 rings (SSSR count). The normalized spacial score (nSPS) is 11.1. The number of rotatable bonds is 7. The van der Waals surface area contributed by atoms with Crippen molar-refractivity contribution in [1.82, 2.24) is 19.9 Å². The first-order valence-electron chi connectivity index (χ1n) is 8.27. The number of nitrogens with zero attached hydrogens (tertiary/aromatic N) is 4. The van der Waals surface area contributed by atoms with E-state index in [1.165, 1.54) is 11.8 Å². The van der Waals surface area contributed by atoms with Crippen LogP contribution >= 0.6 is 35.0 Å². The summed E-state index contributed by atoms with van der Waals surface area (Å²) < 4.78 is 12.8. The first-order chi connectivity index (χ1) is 13.7. The highest BCUT2D eigenvalue weighted by Crippen LogP contribution is 2.32. The molecule has 4 aromatic rings. The predicted molar refractivity (Wildman–Crippen MR) is 109 cm³/mol. The van der Waals surface area contributed by atoms with Crippen molar-refractivity contribution in [3.05, 3.63) is 71.1 Å². The average Bonchev–Trinajstić information content (AvgIpc) is 3.41. The second-order valence-corrected chi connectivity index (χ2v) is 7.56. The molecule has 0 aliphatic heterocycles. The molecule has 6 nitrogen and oxygen atoms in total. The van der Waals surface area contributed by atoms with E-state index >= 15 is 0 Å². The Balaban J connectivity index is 1.52. The molecule has 0 spiro atoms. The largest absolute Gasteiger partial charge is 0.461 e. The van der Waals surface area contributed by atoms with E-state index in [0.29, 0.717) is 45.4 Å². The molecule has 0 radical (unpaired) electrons. The summed E-state index contributed by atoms with van der Waals surface area (Å²) in [6.07, 6.45) is 3.39. The Labute approximate surface area is 175 Å². The van der Waals surface area contributed by atoms with E-state index < -0.39 is 0 Å². The van der Waals surface area contributed by atoms with Crippen LogP contribution in [0, 0.1) is 0 Å². The summed E-state index contributed by atoms with van der Waals surface area (Å²) in [5.41, 5.74) is 1.42. The van der Waals surface area contributed by atoms with Gasteiger partial charge in [-0.25, -0.2) is 0 Å². The second-order valence-electron chi connectivity index (χ2n) is 5.77. The first-order valence-corrected chi connectivity index (χ1v) is 10.0. The van der Waals surface area contributed by atoms with Crippen LogP contribution in [0.1, 0.15) is 5.76 Å². The predicted octanol–water partition coefficient (Wildman–Crippen LogP) is 5.98. The van der Waals surface area contributed by atoms with Crippen LogP contribution in [-0.4, -0.2) is 19.9 Å². The van der Waals surface area contributed by atoms with Gasteiger partial charge in [0.25, 0.3) is 0 Å². The van der Waals surface area contributed by atoms with Gasteiger partial charge in [-0.15, -0.1) is 16.8 Å². The van der Waals surface area contributed by atoms with Gasteiger partial charge in [-0.3, -0.25) is 4.57 Å². The van der Waals surface area contributed by atoms with Crippen LogP contribution in [0.25, 0.3) is 22.8 Å². The van der Waals surface area contributed by atoms with Gasteiger partial charge in [0.05, 0.1) is 17.0 Å². The summed E-state index contributed by atoms with van der Waals surface area (Å²) in [6.45, 7) is 4.36. The highest BCUT2D eigenvalue weighted by atomic mass is 35.5. The number of benzene rings is 1. The molecular formula is C19H14Cl2N4O2S. The number of aromatic nitrogens is 4. The molecule has 28 heavy (non-hydrogen) atoms. The van der Waals surface area contributed by atoms with Crippen LogP contribution in [-0.2, 0) is 12.3 Å². The van der Waals surface area contributed by atoms with E-state index in [2.05, 4.69) is 21.9 Å². The molecule has 0 amide bonds. The van der Waals surface area contributed by atoms with Crippen molar-refractivity contribution in [1.29, 1.82) is 0 Å². The summed E-state index contributed by atoms with van der Waals surface area (Å²) in [6, 6.07) is 10.8. The minimum atomic E-state index is 0.522. The fraction of sp³-hybridized carbons (Fsp3) is 0.105. The van der Waals surface area contributed by atoms with Gasteiger partial charge in [-0.1, -0.05) is 46.2 Å².